The van der Waals surface area contributed by atoms with Crippen LogP contribution in [0, 0.1) is 0 Å². The molecule has 1 saturated heterocycles. The molecule has 2 rings (SSSR count). The van der Waals surface area contributed by atoms with Crippen LogP contribution in [0.15, 0.2) is 30.3 Å². The summed E-state index contributed by atoms with van der Waals surface area (Å²) >= 11 is 0. The number of ether oxygens (including phenoxy) is 1. The van der Waals surface area contributed by atoms with Crippen molar-refractivity contribution in [2.24, 2.45) is 0 Å². The fraction of sp³-hybridized carbons (Fsp3) is 0.588. The van der Waals surface area contributed by atoms with Gasteiger partial charge in [0.05, 0.1) is 7.11 Å². The van der Waals surface area contributed by atoms with Gasteiger partial charge in [0.15, 0.2) is 0 Å². The molecular weight excluding hydrogens is 264 g/mol. The third-order valence-electron chi connectivity index (χ3n) is 4.48. The van der Waals surface area contributed by atoms with Gasteiger partial charge < -0.3 is 15.0 Å². The number of likely N-dealkylation sites (tertiary alicyclic amines) is 1. The van der Waals surface area contributed by atoms with E-state index in [0.717, 1.165) is 31.6 Å². The Labute approximate surface area is 127 Å². The molecule has 1 atom stereocenters. The van der Waals surface area contributed by atoms with Crippen LogP contribution in [-0.2, 0) is 15.1 Å². The van der Waals surface area contributed by atoms with E-state index in [1.54, 1.807) is 0 Å². The second-order valence-corrected chi connectivity index (χ2v) is 5.67. The minimum Gasteiger partial charge on any atom is -0.467 e. The average Bonchev–Trinajstić information content (AvgIpc) is 2.57. The van der Waals surface area contributed by atoms with Crippen LogP contribution in [0.3, 0.4) is 0 Å². The van der Waals surface area contributed by atoms with Crippen LogP contribution in [0.5, 0.6) is 0 Å². The van der Waals surface area contributed by atoms with Gasteiger partial charge in [-0.3, -0.25) is 0 Å². The van der Waals surface area contributed by atoms with Gasteiger partial charge in [-0.1, -0.05) is 36.8 Å². The predicted octanol–water partition coefficient (Wildman–Crippen LogP) is 2.15. The van der Waals surface area contributed by atoms with Gasteiger partial charge in [0.1, 0.15) is 5.54 Å². The van der Waals surface area contributed by atoms with Crippen molar-refractivity contribution in [1.82, 2.24) is 10.2 Å². The molecule has 0 amide bonds. The Bertz CT molecular complexity index is 443. The number of nitrogens with zero attached hydrogens (tertiary/aromatic N) is 1. The van der Waals surface area contributed by atoms with E-state index in [0.29, 0.717) is 0 Å². The van der Waals surface area contributed by atoms with Gasteiger partial charge in [0, 0.05) is 6.54 Å². The number of hydrogen-bond acceptors (Lipinski definition) is 4. The van der Waals surface area contributed by atoms with Crippen molar-refractivity contribution in [2.75, 3.05) is 33.8 Å². The monoisotopic (exact) mass is 290 g/mol. The van der Waals surface area contributed by atoms with Crippen LogP contribution >= 0.6 is 0 Å². The van der Waals surface area contributed by atoms with E-state index in [1.807, 2.05) is 37.4 Å². The number of methoxy groups -OCH3 is 1. The number of benzene rings is 1. The minimum atomic E-state index is -0.756. The van der Waals surface area contributed by atoms with Gasteiger partial charge in [0.2, 0.25) is 0 Å². The molecule has 0 saturated carbocycles. The number of carbonyl (C=O) groups excluding carboxylic acids is 1. The zero-order valence-corrected chi connectivity index (χ0v) is 13.1. The third kappa shape index (κ3) is 3.63. The maximum atomic E-state index is 12.4. The molecule has 1 unspecified atom stereocenters. The van der Waals surface area contributed by atoms with Crippen molar-refractivity contribution >= 4 is 5.97 Å². The average molecular weight is 290 g/mol. The van der Waals surface area contributed by atoms with Gasteiger partial charge >= 0.3 is 5.97 Å². The van der Waals surface area contributed by atoms with E-state index in [2.05, 4.69) is 10.2 Å². The van der Waals surface area contributed by atoms with Crippen LogP contribution in [-0.4, -0.2) is 44.7 Å². The Balaban J connectivity index is 2.16. The largest absolute Gasteiger partial charge is 0.467 e. The summed E-state index contributed by atoms with van der Waals surface area (Å²) in [5, 5.41) is 3.22. The fourth-order valence-corrected chi connectivity index (χ4v) is 3.14. The van der Waals surface area contributed by atoms with Gasteiger partial charge in [-0.05, 0) is 45.0 Å². The molecular formula is C17H26N2O2. The van der Waals surface area contributed by atoms with Gasteiger partial charge in [0.25, 0.3) is 0 Å². The number of likely N-dealkylation sites (N-methyl/N-ethyl adjacent to an activating group) is 1. The number of nitrogens with one attached hydrogen (secondary N) is 1. The lowest BCUT2D eigenvalue weighted by atomic mass is 9.86. The molecule has 4 heteroatoms. The first-order valence-corrected chi connectivity index (χ1v) is 7.78. The normalized spacial score (nSPS) is 19.0. The zero-order valence-electron chi connectivity index (χ0n) is 13.1. The topological polar surface area (TPSA) is 41.6 Å². The molecule has 1 aromatic carbocycles. The standard InChI is InChI=1S/C17H26N2O2/c1-18-17(16(20)21-2,15-9-5-3-6-10-15)11-14-19-12-7-4-8-13-19/h3,5-6,9-10,18H,4,7-8,11-14H2,1-2H3. The molecule has 21 heavy (non-hydrogen) atoms. The molecule has 1 heterocycles. The van der Waals surface area contributed by atoms with Crippen LogP contribution in [0.2, 0.25) is 0 Å². The van der Waals surface area contributed by atoms with Crippen molar-refractivity contribution in [3.63, 3.8) is 0 Å². The van der Waals surface area contributed by atoms with Crippen LogP contribution in [0.1, 0.15) is 31.2 Å². The van der Waals surface area contributed by atoms with E-state index in [-0.39, 0.29) is 5.97 Å². The molecule has 0 aromatic heterocycles. The Morgan fingerprint density at radius 2 is 1.90 bits per heavy atom. The Morgan fingerprint density at radius 1 is 1.24 bits per heavy atom. The number of hydrogen-bond donors (Lipinski definition) is 1. The number of piperidine rings is 1. The molecule has 0 aliphatic carbocycles. The highest BCUT2D eigenvalue weighted by Gasteiger charge is 2.40. The van der Waals surface area contributed by atoms with E-state index >= 15 is 0 Å². The van der Waals surface area contributed by atoms with Crippen LogP contribution in [0.4, 0.5) is 0 Å². The summed E-state index contributed by atoms with van der Waals surface area (Å²) in [6, 6.07) is 9.87. The molecule has 0 radical (unpaired) electrons. The minimum absolute atomic E-state index is 0.215. The molecule has 0 bridgehead atoms. The summed E-state index contributed by atoms with van der Waals surface area (Å²) in [5.41, 5.74) is 0.212. The SMILES string of the molecule is CNC(CCN1CCCCC1)(C(=O)OC)c1ccccc1. The van der Waals surface area contributed by atoms with Gasteiger partial charge in [-0.25, -0.2) is 4.79 Å². The van der Waals surface area contributed by atoms with Crippen molar-refractivity contribution < 1.29 is 9.53 Å². The maximum Gasteiger partial charge on any atom is 0.330 e. The van der Waals surface area contributed by atoms with Crippen LogP contribution < -0.4 is 5.32 Å². The van der Waals surface area contributed by atoms with Crippen LogP contribution in [0.25, 0.3) is 0 Å². The Kier molecular flexibility index (Phi) is 5.76. The molecule has 1 aliphatic heterocycles. The second kappa shape index (κ2) is 7.57. The Hall–Kier alpha value is -1.39. The quantitative estimate of drug-likeness (QED) is 0.815. The van der Waals surface area contributed by atoms with Gasteiger partial charge in [-0.2, -0.15) is 0 Å². The van der Waals surface area contributed by atoms with Crippen molar-refractivity contribution in [1.29, 1.82) is 0 Å². The molecule has 116 valence electrons. The number of esters is 1. The highest BCUT2D eigenvalue weighted by atomic mass is 16.5. The highest BCUT2D eigenvalue weighted by Crippen LogP contribution is 2.27. The lowest BCUT2D eigenvalue weighted by Gasteiger charge is -2.34. The number of rotatable bonds is 6. The number of carbonyl (C=O) groups is 1. The molecule has 4 nitrogen and oxygen atoms in total. The summed E-state index contributed by atoms with van der Waals surface area (Å²) in [5.74, 6) is -0.215. The predicted molar refractivity (Wildman–Crippen MR) is 84.1 cm³/mol. The first-order valence-electron chi connectivity index (χ1n) is 7.78. The van der Waals surface area contributed by atoms with E-state index < -0.39 is 5.54 Å². The molecule has 1 aliphatic rings. The molecule has 0 spiro atoms. The highest BCUT2D eigenvalue weighted by molar-refractivity contribution is 5.82. The van der Waals surface area contributed by atoms with Crippen molar-refractivity contribution in [3.8, 4) is 0 Å². The summed E-state index contributed by atoms with van der Waals surface area (Å²) < 4.78 is 5.08. The first-order chi connectivity index (χ1) is 10.2. The summed E-state index contributed by atoms with van der Waals surface area (Å²) in [4.78, 5) is 14.9. The van der Waals surface area contributed by atoms with Crippen molar-refractivity contribution in [3.05, 3.63) is 35.9 Å². The zero-order chi connectivity index (χ0) is 15.1. The lowest BCUT2D eigenvalue weighted by molar-refractivity contribution is -0.149. The third-order valence-corrected chi connectivity index (χ3v) is 4.48. The lowest BCUT2D eigenvalue weighted by Crippen LogP contribution is -2.50. The smallest absolute Gasteiger partial charge is 0.330 e. The van der Waals surface area contributed by atoms with Crippen molar-refractivity contribution in [2.45, 2.75) is 31.2 Å². The molecule has 1 aromatic rings. The fourth-order valence-electron chi connectivity index (χ4n) is 3.14. The van der Waals surface area contributed by atoms with E-state index in [1.165, 1.54) is 26.4 Å². The Morgan fingerprint density at radius 3 is 2.48 bits per heavy atom. The summed E-state index contributed by atoms with van der Waals surface area (Å²) in [7, 11) is 3.29. The first kappa shape index (κ1) is 16.0. The molecule has 1 fully saturated rings. The van der Waals surface area contributed by atoms with Gasteiger partial charge in [-0.15, -0.1) is 0 Å². The summed E-state index contributed by atoms with van der Waals surface area (Å²) in [6.45, 7) is 3.18. The maximum absolute atomic E-state index is 12.4. The molecule has 1 N–H and O–H groups in total. The van der Waals surface area contributed by atoms with E-state index in [4.69, 9.17) is 4.74 Å². The second-order valence-electron chi connectivity index (χ2n) is 5.67. The van der Waals surface area contributed by atoms with E-state index in [9.17, 15) is 4.79 Å². The summed E-state index contributed by atoms with van der Waals surface area (Å²) in [6.07, 6.45) is 4.57.